The number of pyridine rings is 1. The van der Waals surface area contributed by atoms with Crippen LogP contribution in [0.4, 0.5) is 0 Å². The van der Waals surface area contributed by atoms with E-state index in [-0.39, 0.29) is 0 Å². The number of benzene rings is 1. The Balaban J connectivity index is 2.23. The number of aryl methyl sites for hydroxylation is 2. The maximum Gasteiger partial charge on any atom is 0.0704 e. The van der Waals surface area contributed by atoms with E-state index >= 15 is 0 Å². The molecule has 1 nitrogen and oxygen atoms in total. The molecule has 2 aromatic rings. The Labute approximate surface area is 127 Å². The molecule has 0 saturated carbocycles. The van der Waals surface area contributed by atoms with Crippen LogP contribution in [0.15, 0.2) is 36.5 Å². The first kappa shape index (κ1) is 11.1. The van der Waals surface area contributed by atoms with Crippen LogP contribution in [0.25, 0.3) is 11.3 Å². The van der Waals surface area contributed by atoms with E-state index in [2.05, 4.69) is 31.8 Å². The summed E-state index contributed by atoms with van der Waals surface area (Å²) in [5, 5.41) is 0. The number of aromatic nitrogens is 1. The average molecular weight is 270 g/mol. The van der Waals surface area contributed by atoms with Crippen LogP contribution in [0.2, 0.25) is 0 Å². The molecule has 1 aromatic carbocycles. The fourth-order valence-corrected chi connectivity index (χ4v) is 2.55. The summed E-state index contributed by atoms with van der Waals surface area (Å²) in [7, 11) is 0. The third kappa shape index (κ3) is 3.47. The number of rotatable bonds is 5. The normalized spacial score (nSPS) is 15.2. The average Bonchev–Trinajstić information content (AvgIpc) is 2.51. The van der Waals surface area contributed by atoms with E-state index in [0.717, 1.165) is 11.3 Å². The second-order valence-corrected chi connectivity index (χ2v) is 5.55. The summed E-state index contributed by atoms with van der Waals surface area (Å²) in [5.41, 5.74) is 4.77. The van der Waals surface area contributed by atoms with Gasteiger partial charge in [0.05, 0.1) is 5.69 Å². The van der Waals surface area contributed by atoms with Crippen LogP contribution >= 0.6 is 0 Å². The van der Waals surface area contributed by atoms with E-state index in [1.54, 1.807) is 12.1 Å². The van der Waals surface area contributed by atoms with Gasteiger partial charge in [0.25, 0.3) is 0 Å². The van der Waals surface area contributed by atoms with E-state index in [4.69, 9.17) is 4.11 Å². The Kier molecular flexibility index (Phi) is 3.71. The summed E-state index contributed by atoms with van der Waals surface area (Å²) in [5.74, 6) is 0.523. The quantitative estimate of drug-likeness (QED) is 0.683. The van der Waals surface area contributed by atoms with Crippen molar-refractivity contribution in [1.29, 1.82) is 0 Å². The Morgan fingerprint density at radius 1 is 1.25 bits per heavy atom. The summed E-state index contributed by atoms with van der Waals surface area (Å²) in [6, 6.07) is 9.10. The molecule has 1 aromatic heterocycles. The highest BCUT2D eigenvalue weighted by Crippen LogP contribution is 2.27. The lowest BCUT2D eigenvalue weighted by molar-refractivity contribution is 0.620. The Bertz CT molecular complexity index is 645. The van der Waals surface area contributed by atoms with Crippen LogP contribution in [0, 0.1) is 13.8 Å². The molecule has 0 radical (unpaired) electrons. The first-order valence-corrected chi connectivity index (χ1v) is 7.40. The molecule has 1 heteroatoms. The Hall–Kier alpha value is -1.63. The number of hydrogen-bond donors (Lipinski definition) is 0. The molecule has 0 amide bonds. The molecule has 0 N–H and O–H groups in total. The molecule has 0 saturated heterocycles. The van der Waals surface area contributed by atoms with Crippen molar-refractivity contribution < 1.29 is 4.11 Å². The van der Waals surface area contributed by atoms with Gasteiger partial charge in [0.1, 0.15) is 0 Å². The first-order valence-electron chi connectivity index (χ1n) is 8.90. The monoisotopic (exact) mass is 270 g/mol. The number of nitrogens with zero attached hydrogens (tertiary/aromatic N) is 1. The van der Waals surface area contributed by atoms with Crippen LogP contribution in [0.5, 0.6) is 0 Å². The molecule has 1 atom stereocenters. The second-order valence-electron chi connectivity index (χ2n) is 5.55. The third-order valence-corrected chi connectivity index (χ3v) is 3.85. The van der Waals surface area contributed by atoms with Crippen molar-refractivity contribution in [3.63, 3.8) is 0 Å². The lowest BCUT2D eigenvalue weighted by atomic mass is 9.93. The van der Waals surface area contributed by atoms with Gasteiger partial charge in [-0.2, -0.15) is 0 Å². The second kappa shape index (κ2) is 6.69. The minimum absolute atomic E-state index is 0.364. The van der Waals surface area contributed by atoms with Crippen molar-refractivity contribution >= 4 is 0 Å². The molecule has 2 rings (SSSR count). The maximum atomic E-state index is 7.43. The standard InChI is InChI=1S/C19H25N/c1-5-6-7-15(3)18-13-20-19(12-16(18)4)17-10-8-14(2)9-11-17/h8-13,15H,5-7H2,1-4H3/i2D3. The maximum absolute atomic E-state index is 7.43. The van der Waals surface area contributed by atoms with E-state index < -0.39 is 6.85 Å². The fourth-order valence-electron chi connectivity index (χ4n) is 2.55. The molecular weight excluding hydrogens is 242 g/mol. The molecule has 0 fully saturated rings. The van der Waals surface area contributed by atoms with Gasteiger partial charge in [-0.25, -0.2) is 0 Å². The molecule has 0 aliphatic rings. The largest absolute Gasteiger partial charge is 0.256 e. The van der Waals surface area contributed by atoms with Crippen molar-refractivity contribution in [2.75, 3.05) is 0 Å². The lowest BCUT2D eigenvalue weighted by Crippen LogP contribution is -1.99. The van der Waals surface area contributed by atoms with Gasteiger partial charge in [-0.1, -0.05) is 56.5 Å². The van der Waals surface area contributed by atoms with Gasteiger partial charge in [0, 0.05) is 15.9 Å². The van der Waals surface area contributed by atoms with Crippen LogP contribution in [-0.4, -0.2) is 4.98 Å². The first-order chi connectivity index (χ1) is 10.8. The molecular formula is C19H25N. The minimum atomic E-state index is -2.06. The van der Waals surface area contributed by atoms with Gasteiger partial charge in [0.15, 0.2) is 0 Å². The van der Waals surface area contributed by atoms with Crippen molar-refractivity contribution in [2.24, 2.45) is 0 Å². The molecule has 1 unspecified atom stereocenters. The smallest absolute Gasteiger partial charge is 0.0704 e. The van der Waals surface area contributed by atoms with Gasteiger partial charge >= 0.3 is 0 Å². The zero-order chi connectivity index (χ0) is 17.0. The summed E-state index contributed by atoms with van der Waals surface area (Å²) >= 11 is 0. The van der Waals surface area contributed by atoms with E-state index in [9.17, 15) is 0 Å². The number of unbranched alkanes of at least 4 members (excludes halogenated alkanes) is 1. The molecule has 106 valence electrons. The molecule has 0 spiro atoms. The van der Waals surface area contributed by atoms with Crippen molar-refractivity contribution in [1.82, 2.24) is 4.98 Å². The van der Waals surface area contributed by atoms with E-state index in [1.807, 2.05) is 18.3 Å². The van der Waals surface area contributed by atoms with Crippen molar-refractivity contribution in [3.05, 3.63) is 53.2 Å². The third-order valence-electron chi connectivity index (χ3n) is 3.85. The molecule has 0 aliphatic carbocycles. The zero-order valence-corrected chi connectivity index (χ0v) is 12.6. The SMILES string of the molecule is [2H]C([2H])([2H])c1ccc(-c2cc(C)c(C(C)CCCC)cn2)cc1. The highest BCUT2D eigenvalue weighted by molar-refractivity contribution is 5.60. The van der Waals surface area contributed by atoms with Crippen LogP contribution in [0.1, 0.15) is 59.8 Å². The highest BCUT2D eigenvalue weighted by Gasteiger charge is 2.10. The molecule has 1 heterocycles. The predicted molar refractivity (Wildman–Crippen MR) is 87.1 cm³/mol. The highest BCUT2D eigenvalue weighted by atomic mass is 14.7. The summed E-state index contributed by atoms with van der Waals surface area (Å²) in [6.45, 7) is 4.54. The fraction of sp³-hybridized carbons (Fsp3) is 0.421. The van der Waals surface area contributed by atoms with Crippen LogP contribution in [0.3, 0.4) is 0 Å². The van der Waals surface area contributed by atoms with E-state index in [0.29, 0.717) is 11.5 Å². The molecule has 0 bridgehead atoms. The van der Waals surface area contributed by atoms with Gasteiger partial charge < -0.3 is 0 Å². The van der Waals surface area contributed by atoms with Crippen molar-refractivity contribution in [2.45, 2.75) is 52.8 Å². The van der Waals surface area contributed by atoms with Crippen LogP contribution in [-0.2, 0) is 0 Å². The number of hydrogen-bond acceptors (Lipinski definition) is 1. The van der Waals surface area contributed by atoms with Crippen LogP contribution < -0.4 is 0 Å². The minimum Gasteiger partial charge on any atom is -0.256 e. The lowest BCUT2D eigenvalue weighted by Gasteiger charge is -2.15. The van der Waals surface area contributed by atoms with Gasteiger partial charge in [-0.3, -0.25) is 4.98 Å². The zero-order valence-electron chi connectivity index (χ0n) is 15.6. The Morgan fingerprint density at radius 3 is 2.60 bits per heavy atom. The predicted octanol–water partition coefficient (Wildman–Crippen LogP) is 5.66. The summed E-state index contributed by atoms with van der Waals surface area (Å²) in [6.07, 6.45) is 5.61. The topological polar surface area (TPSA) is 12.9 Å². The summed E-state index contributed by atoms with van der Waals surface area (Å²) < 4.78 is 22.3. The van der Waals surface area contributed by atoms with Gasteiger partial charge in [-0.15, -0.1) is 0 Å². The van der Waals surface area contributed by atoms with Crippen molar-refractivity contribution in [3.8, 4) is 11.3 Å². The summed E-state index contributed by atoms with van der Waals surface area (Å²) in [4.78, 5) is 4.59. The molecule has 0 aliphatic heterocycles. The molecule has 20 heavy (non-hydrogen) atoms. The van der Waals surface area contributed by atoms with E-state index in [1.165, 1.54) is 30.4 Å². The van der Waals surface area contributed by atoms with Gasteiger partial charge in [-0.05, 0) is 43.3 Å². The van der Waals surface area contributed by atoms with Gasteiger partial charge in [0.2, 0.25) is 0 Å². The Morgan fingerprint density at radius 2 is 2.00 bits per heavy atom.